The van der Waals surface area contributed by atoms with Crippen LogP contribution in [-0.2, 0) is 19.1 Å². The lowest BCUT2D eigenvalue weighted by atomic mass is 9.99. The minimum atomic E-state index is -1.02. The summed E-state index contributed by atoms with van der Waals surface area (Å²) in [6.07, 6.45) is 0.400. The van der Waals surface area contributed by atoms with Crippen LogP contribution in [0, 0.1) is 0 Å². The molecule has 146 valence electrons. The molecular formula is C20H21N3O5. The Bertz CT molecular complexity index is 958. The van der Waals surface area contributed by atoms with Crippen LogP contribution in [0.5, 0.6) is 0 Å². The van der Waals surface area contributed by atoms with Crippen LogP contribution in [0.15, 0.2) is 42.5 Å². The van der Waals surface area contributed by atoms with E-state index in [9.17, 15) is 19.2 Å². The molecule has 0 bridgehead atoms. The Morgan fingerprint density at radius 1 is 1.14 bits per heavy atom. The molecule has 0 spiro atoms. The second-order valence-corrected chi connectivity index (χ2v) is 6.78. The topological polar surface area (TPSA) is 105 Å². The zero-order chi connectivity index (χ0) is 20.3. The van der Waals surface area contributed by atoms with Gasteiger partial charge in [-0.15, -0.1) is 0 Å². The van der Waals surface area contributed by atoms with Gasteiger partial charge in [0.1, 0.15) is 12.1 Å². The zero-order valence-corrected chi connectivity index (χ0v) is 15.7. The second-order valence-electron chi connectivity index (χ2n) is 6.78. The first kappa shape index (κ1) is 19.3. The number of carbonyl (C=O) groups excluding carboxylic acids is 4. The zero-order valence-electron chi connectivity index (χ0n) is 15.7. The molecule has 0 radical (unpaired) electrons. The Kier molecular flexibility index (Phi) is 5.30. The number of carbonyl (C=O) groups is 4. The Morgan fingerprint density at radius 3 is 2.54 bits per heavy atom. The fourth-order valence-corrected chi connectivity index (χ4v) is 2.92. The Labute approximate surface area is 161 Å². The maximum absolute atomic E-state index is 12.2. The minimum absolute atomic E-state index is 0.400. The quantitative estimate of drug-likeness (QED) is 0.587. The molecule has 2 aromatic rings. The summed E-state index contributed by atoms with van der Waals surface area (Å²) in [5, 5.41) is 7.20. The molecule has 1 atom stereocenters. The summed E-state index contributed by atoms with van der Waals surface area (Å²) in [6.45, 7) is 2.30. The molecule has 2 N–H and O–H groups in total. The molecule has 0 saturated carbocycles. The van der Waals surface area contributed by atoms with E-state index in [1.807, 2.05) is 36.4 Å². The van der Waals surface area contributed by atoms with Gasteiger partial charge in [0.15, 0.2) is 6.61 Å². The fraction of sp³-hybridized carbons (Fsp3) is 0.300. The SMILES string of the molecule is CC[C@@]1(C)NC(=O)N(CC(=O)OCC(=O)Nc2ccc3ccccc3c2)C1=O. The second kappa shape index (κ2) is 7.67. The lowest BCUT2D eigenvalue weighted by Gasteiger charge is -2.18. The molecule has 28 heavy (non-hydrogen) atoms. The lowest BCUT2D eigenvalue weighted by molar-refractivity contribution is -0.150. The molecule has 0 aliphatic carbocycles. The van der Waals surface area contributed by atoms with Gasteiger partial charge >= 0.3 is 12.0 Å². The highest BCUT2D eigenvalue weighted by atomic mass is 16.5. The smallest absolute Gasteiger partial charge is 0.326 e. The number of esters is 1. The van der Waals surface area contributed by atoms with Crippen molar-refractivity contribution in [2.75, 3.05) is 18.5 Å². The number of hydrogen-bond donors (Lipinski definition) is 2. The van der Waals surface area contributed by atoms with Crippen molar-refractivity contribution in [3.8, 4) is 0 Å². The number of amides is 4. The predicted octanol–water partition coefficient (Wildman–Crippen LogP) is 2.04. The van der Waals surface area contributed by atoms with Gasteiger partial charge in [-0.05, 0) is 36.2 Å². The number of urea groups is 1. The summed E-state index contributed by atoms with van der Waals surface area (Å²) in [6, 6.07) is 12.5. The number of anilines is 1. The summed E-state index contributed by atoms with van der Waals surface area (Å²) >= 11 is 0. The normalized spacial score (nSPS) is 18.9. The van der Waals surface area contributed by atoms with Crippen molar-refractivity contribution >= 4 is 40.3 Å². The largest absolute Gasteiger partial charge is 0.454 e. The van der Waals surface area contributed by atoms with E-state index >= 15 is 0 Å². The first-order valence-electron chi connectivity index (χ1n) is 8.91. The van der Waals surface area contributed by atoms with E-state index in [0.29, 0.717) is 12.1 Å². The first-order chi connectivity index (χ1) is 13.3. The fourth-order valence-electron chi connectivity index (χ4n) is 2.92. The van der Waals surface area contributed by atoms with Crippen LogP contribution < -0.4 is 10.6 Å². The van der Waals surface area contributed by atoms with Gasteiger partial charge in [-0.25, -0.2) is 4.79 Å². The van der Waals surface area contributed by atoms with Crippen molar-refractivity contribution < 1.29 is 23.9 Å². The maximum Gasteiger partial charge on any atom is 0.326 e. The molecule has 1 heterocycles. The van der Waals surface area contributed by atoms with Crippen LogP contribution in [0.25, 0.3) is 10.8 Å². The van der Waals surface area contributed by atoms with Crippen LogP contribution in [0.2, 0.25) is 0 Å². The number of nitrogens with zero attached hydrogens (tertiary/aromatic N) is 1. The summed E-state index contributed by atoms with van der Waals surface area (Å²) in [5.74, 6) is -1.84. The van der Waals surface area contributed by atoms with Gasteiger partial charge < -0.3 is 15.4 Å². The van der Waals surface area contributed by atoms with Crippen molar-refractivity contribution in [1.82, 2.24) is 10.2 Å². The van der Waals surface area contributed by atoms with Gasteiger partial charge in [-0.3, -0.25) is 19.3 Å². The number of nitrogens with one attached hydrogen (secondary N) is 2. The number of imide groups is 1. The van der Waals surface area contributed by atoms with Crippen LogP contribution in [0.1, 0.15) is 20.3 Å². The third-order valence-corrected chi connectivity index (χ3v) is 4.74. The van der Waals surface area contributed by atoms with E-state index in [0.717, 1.165) is 15.7 Å². The van der Waals surface area contributed by atoms with Gasteiger partial charge in [0.25, 0.3) is 11.8 Å². The van der Waals surface area contributed by atoms with Crippen molar-refractivity contribution in [2.24, 2.45) is 0 Å². The molecule has 8 heteroatoms. The predicted molar refractivity (Wildman–Crippen MR) is 102 cm³/mol. The van der Waals surface area contributed by atoms with E-state index in [1.54, 1.807) is 19.9 Å². The van der Waals surface area contributed by atoms with Gasteiger partial charge in [0.05, 0.1) is 0 Å². The summed E-state index contributed by atoms with van der Waals surface area (Å²) in [4.78, 5) is 48.9. The molecule has 0 unspecified atom stereocenters. The third-order valence-electron chi connectivity index (χ3n) is 4.74. The van der Waals surface area contributed by atoms with Gasteiger partial charge in [0.2, 0.25) is 0 Å². The average Bonchev–Trinajstić information content (AvgIpc) is 2.90. The average molecular weight is 383 g/mol. The summed E-state index contributed by atoms with van der Waals surface area (Å²) in [5.41, 5.74) is -0.447. The highest BCUT2D eigenvalue weighted by Gasteiger charge is 2.47. The van der Waals surface area contributed by atoms with E-state index < -0.39 is 42.5 Å². The molecule has 0 aromatic heterocycles. The van der Waals surface area contributed by atoms with Gasteiger partial charge in [-0.1, -0.05) is 37.3 Å². The van der Waals surface area contributed by atoms with Crippen LogP contribution >= 0.6 is 0 Å². The van der Waals surface area contributed by atoms with Crippen LogP contribution in [-0.4, -0.2) is 47.4 Å². The van der Waals surface area contributed by atoms with Crippen LogP contribution in [0.4, 0.5) is 10.5 Å². The Morgan fingerprint density at radius 2 is 1.86 bits per heavy atom. The molecule has 3 rings (SSSR count). The maximum atomic E-state index is 12.2. The summed E-state index contributed by atoms with van der Waals surface area (Å²) in [7, 11) is 0. The molecular weight excluding hydrogens is 362 g/mol. The molecule has 1 aliphatic heterocycles. The minimum Gasteiger partial charge on any atom is -0.454 e. The number of rotatable bonds is 6. The van der Waals surface area contributed by atoms with E-state index in [1.165, 1.54) is 0 Å². The molecule has 1 aliphatic rings. The summed E-state index contributed by atoms with van der Waals surface area (Å²) < 4.78 is 4.90. The Hall–Kier alpha value is -3.42. The molecule has 1 fully saturated rings. The number of ether oxygens (including phenoxy) is 1. The van der Waals surface area contributed by atoms with Gasteiger partial charge in [0, 0.05) is 5.69 Å². The number of fused-ring (bicyclic) bond motifs is 1. The highest BCUT2D eigenvalue weighted by Crippen LogP contribution is 2.21. The Balaban J connectivity index is 1.52. The lowest BCUT2D eigenvalue weighted by Crippen LogP contribution is -2.43. The molecule has 8 nitrogen and oxygen atoms in total. The highest BCUT2D eigenvalue weighted by molar-refractivity contribution is 6.08. The van der Waals surface area contributed by atoms with E-state index in [2.05, 4.69) is 10.6 Å². The molecule has 4 amide bonds. The first-order valence-corrected chi connectivity index (χ1v) is 8.91. The van der Waals surface area contributed by atoms with Crippen molar-refractivity contribution in [3.63, 3.8) is 0 Å². The van der Waals surface area contributed by atoms with Crippen molar-refractivity contribution in [1.29, 1.82) is 0 Å². The van der Waals surface area contributed by atoms with Crippen molar-refractivity contribution in [2.45, 2.75) is 25.8 Å². The standard InChI is InChI=1S/C20H21N3O5/c1-3-20(2)18(26)23(19(27)22-20)11-17(25)28-12-16(24)21-15-9-8-13-6-4-5-7-14(13)10-15/h4-10H,3,11-12H2,1-2H3,(H,21,24)(H,22,27)/t20-/m1/s1. The van der Waals surface area contributed by atoms with Crippen molar-refractivity contribution in [3.05, 3.63) is 42.5 Å². The molecule has 2 aromatic carbocycles. The molecule has 1 saturated heterocycles. The van der Waals surface area contributed by atoms with Gasteiger partial charge in [-0.2, -0.15) is 0 Å². The van der Waals surface area contributed by atoms with E-state index in [-0.39, 0.29) is 0 Å². The van der Waals surface area contributed by atoms with E-state index in [4.69, 9.17) is 4.74 Å². The monoisotopic (exact) mass is 383 g/mol. The third kappa shape index (κ3) is 3.95. The number of hydrogen-bond acceptors (Lipinski definition) is 5. The van der Waals surface area contributed by atoms with Crippen LogP contribution in [0.3, 0.4) is 0 Å². The number of benzene rings is 2.